The van der Waals surface area contributed by atoms with E-state index in [0.717, 1.165) is 23.7 Å². The maximum Gasteiger partial charge on any atom is 0 e. The molecule has 3 fully saturated rings. The maximum absolute atomic E-state index is 2.82. The van der Waals surface area contributed by atoms with Gasteiger partial charge in [-0.2, -0.15) is 0 Å². The van der Waals surface area contributed by atoms with Crippen LogP contribution in [0.4, 0.5) is 0 Å². The third-order valence-electron chi connectivity index (χ3n) is 13.5. The Labute approximate surface area is 223 Å². The quantitative estimate of drug-likeness (QED) is 0.314. The van der Waals surface area contributed by atoms with Gasteiger partial charge in [-0.15, -0.1) is 0 Å². The summed E-state index contributed by atoms with van der Waals surface area (Å²) in [6.45, 7) is 27.4. The van der Waals surface area contributed by atoms with E-state index in [9.17, 15) is 0 Å². The predicted octanol–water partition coefficient (Wildman–Crippen LogP) is 11.9. The molecule has 0 saturated heterocycles. The summed E-state index contributed by atoms with van der Waals surface area (Å²) in [5.74, 6) is 3.56. The van der Waals surface area contributed by atoms with E-state index in [1.165, 1.54) is 83.5 Å². The fraction of sp³-hybridized carbons (Fsp3) is 0.943. The first kappa shape index (κ1) is 29.3. The Hall–Kier alpha value is -0.260. The average Bonchev–Trinajstić information content (AvgIpc) is 3.15. The highest BCUT2D eigenvalue weighted by molar-refractivity contribution is 5.34. The second-order valence-electron chi connectivity index (χ2n) is 14.7. The van der Waals surface area contributed by atoms with Crippen molar-refractivity contribution in [3.05, 3.63) is 11.6 Å². The van der Waals surface area contributed by atoms with Gasteiger partial charge >= 0.3 is 0 Å². The van der Waals surface area contributed by atoms with Crippen molar-refractivity contribution in [3.8, 4) is 0 Å². The molecule has 0 unspecified atom stereocenters. The predicted molar refractivity (Wildman–Crippen MR) is 159 cm³/mol. The van der Waals surface area contributed by atoms with Crippen LogP contribution in [0.15, 0.2) is 11.6 Å². The van der Waals surface area contributed by atoms with Gasteiger partial charge in [0.15, 0.2) is 0 Å². The molecule has 0 aliphatic heterocycles. The van der Waals surface area contributed by atoms with E-state index >= 15 is 0 Å². The van der Waals surface area contributed by atoms with Crippen molar-refractivity contribution < 1.29 is 1.43 Å². The van der Waals surface area contributed by atoms with Crippen molar-refractivity contribution in [2.75, 3.05) is 0 Å². The summed E-state index contributed by atoms with van der Waals surface area (Å²) in [4.78, 5) is 0. The summed E-state index contributed by atoms with van der Waals surface area (Å²) in [6.07, 6.45) is 21.5. The molecule has 0 aromatic carbocycles. The highest BCUT2D eigenvalue weighted by Crippen LogP contribution is 2.83. The average molecular weight is 487 g/mol. The number of fused-ring (bicyclic) bond motifs is 5. The van der Waals surface area contributed by atoms with E-state index < -0.39 is 0 Å². The molecule has 0 aromatic rings. The molecule has 35 heavy (non-hydrogen) atoms. The Kier molecular flexibility index (Phi) is 8.77. The lowest BCUT2D eigenvalue weighted by atomic mass is 9.29. The zero-order valence-corrected chi connectivity index (χ0v) is 26.1. The van der Waals surface area contributed by atoms with Crippen molar-refractivity contribution in [2.45, 2.75) is 160 Å². The second kappa shape index (κ2) is 10.5. The zero-order chi connectivity index (χ0) is 26.3. The van der Waals surface area contributed by atoms with E-state index in [1.807, 2.05) is 19.4 Å². The SMILES string of the molecule is CC.CC[C@]12CC[C@]3(C)[C@@H]([C@H](C)CCCC(C)C)CC[C@@]3(CC)[C@]1(C)CC=C1C[C@@H](C)CC[C@@]12C.[HH]. The molecule has 4 aliphatic carbocycles. The molecule has 0 nitrogen and oxygen atoms in total. The molecule has 0 heteroatoms. The summed E-state index contributed by atoms with van der Waals surface area (Å²) in [5, 5.41) is 0. The summed E-state index contributed by atoms with van der Waals surface area (Å²) >= 11 is 0. The van der Waals surface area contributed by atoms with Crippen LogP contribution in [0.25, 0.3) is 0 Å². The van der Waals surface area contributed by atoms with Crippen LogP contribution >= 0.6 is 0 Å². The van der Waals surface area contributed by atoms with Crippen molar-refractivity contribution in [3.63, 3.8) is 0 Å². The van der Waals surface area contributed by atoms with Crippen molar-refractivity contribution in [2.24, 2.45) is 50.7 Å². The zero-order valence-electron chi connectivity index (χ0n) is 26.1. The van der Waals surface area contributed by atoms with Crippen LogP contribution < -0.4 is 0 Å². The monoisotopic (exact) mass is 487 g/mol. The van der Waals surface area contributed by atoms with Crippen LogP contribution in [-0.4, -0.2) is 0 Å². The van der Waals surface area contributed by atoms with E-state index in [2.05, 4.69) is 68.4 Å². The third-order valence-corrected chi connectivity index (χ3v) is 13.5. The topological polar surface area (TPSA) is 0 Å². The molecular weight excluding hydrogens is 420 g/mol. The third kappa shape index (κ3) is 3.95. The first-order chi connectivity index (χ1) is 16.5. The fourth-order valence-electron chi connectivity index (χ4n) is 11.6. The van der Waals surface area contributed by atoms with Crippen molar-refractivity contribution in [1.82, 2.24) is 0 Å². The summed E-state index contributed by atoms with van der Waals surface area (Å²) in [7, 11) is 0. The molecule has 0 heterocycles. The standard InChI is InChI=1S/C33H58.C2H6.H2/c1-10-32-20-17-28(26(6)14-12-13-24(3)4)30(32,8)21-22-33(11-2)29(7)18-15-25(5)23-27(29)16-19-31(32,33)9;1-2;/h16,24-26,28H,10-15,17-23H2,1-9H3;1-2H3;1H/t25-,26+,28+,29-,30+,31-,32+,33+;;/m0../s1. The van der Waals surface area contributed by atoms with Gasteiger partial charge in [0.05, 0.1) is 0 Å². The lowest BCUT2D eigenvalue weighted by Gasteiger charge is -2.75. The molecule has 4 rings (SSSR count). The van der Waals surface area contributed by atoms with Gasteiger partial charge in [0.1, 0.15) is 0 Å². The van der Waals surface area contributed by atoms with E-state index in [-0.39, 0.29) is 1.43 Å². The van der Waals surface area contributed by atoms with Gasteiger partial charge in [0.2, 0.25) is 0 Å². The summed E-state index contributed by atoms with van der Waals surface area (Å²) in [6, 6.07) is 0. The molecule has 8 atom stereocenters. The van der Waals surface area contributed by atoms with Gasteiger partial charge in [-0.3, -0.25) is 0 Å². The Morgan fingerprint density at radius 3 is 2.14 bits per heavy atom. The van der Waals surface area contributed by atoms with Crippen LogP contribution in [0.5, 0.6) is 0 Å². The van der Waals surface area contributed by atoms with Crippen LogP contribution in [-0.2, 0) is 0 Å². The molecule has 4 aliphatic rings. The largest absolute Gasteiger partial charge is 0.0842 e. The minimum Gasteiger partial charge on any atom is -0.0842 e. The molecule has 206 valence electrons. The van der Waals surface area contributed by atoms with Gasteiger partial charge in [-0.1, -0.05) is 107 Å². The fourth-order valence-corrected chi connectivity index (χ4v) is 11.6. The minimum absolute atomic E-state index is 0. The number of allylic oxidation sites excluding steroid dienone is 2. The summed E-state index contributed by atoms with van der Waals surface area (Å²) < 4.78 is 0. The Morgan fingerprint density at radius 1 is 0.886 bits per heavy atom. The van der Waals surface area contributed by atoms with Gasteiger partial charge in [-0.25, -0.2) is 0 Å². The smallest absolute Gasteiger partial charge is 0 e. The van der Waals surface area contributed by atoms with E-state index in [0.29, 0.717) is 27.1 Å². The molecule has 0 amide bonds. The van der Waals surface area contributed by atoms with Crippen molar-refractivity contribution >= 4 is 0 Å². The van der Waals surface area contributed by atoms with Crippen LogP contribution in [0.1, 0.15) is 161 Å². The number of hydrogen-bond donors (Lipinski definition) is 0. The van der Waals surface area contributed by atoms with Gasteiger partial charge in [-0.05, 0) is 115 Å². The van der Waals surface area contributed by atoms with Crippen LogP contribution in [0, 0.1) is 50.7 Å². The first-order valence-corrected chi connectivity index (χ1v) is 16.2. The van der Waals surface area contributed by atoms with Crippen LogP contribution in [0.2, 0.25) is 0 Å². The lowest BCUT2D eigenvalue weighted by Crippen LogP contribution is -2.67. The first-order valence-electron chi connectivity index (χ1n) is 16.2. The maximum atomic E-state index is 2.82. The molecule has 0 spiro atoms. The number of rotatable bonds is 7. The van der Waals surface area contributed by atoms with Gasteiger partial charge in [0.25, 0.3) is 0 Å². The Balaban J connectivity index is 0.00000148. The van der Waals surface area contributed by atoms with Gasteiger partial charge in [0, 0.05) is 1.43 Å². The normalized spacial score (nSPS) is 45.5. The second-order valence-corrected chi connectivity index (χ2v) is 14.7. The lowest BCUT2D eigenvalue weighted by molar-refractivity contribution is -0.239. The van der Waals surface area contributed by atoms with Crippen molar-refractivity contribution in [1.29, 1.82) is 0 Å². The molecule has 0 N–H and O–H groups in total. The van der Waals surface area contributed by atoms with E-state index in [4.69, 9.17) is 0 Å². The molecule has 0 aromatic heterocycles. The molecular formula is C35H66. The molecule has 0 radical (unpaired) electrons. The Morgan fingerprint density at radius 2 is 1.54 bits per heavy atom. The Bertz CT molecular complexity index is 752. The molecule has 3 saturated carbocycles. The number of hydrogen-bond acceptors (Lipinski definition) is 0. The highest BCUT2D eigenvalue weighted by Gasteiger charge is 2.75. The minimum atomic E-state index is 0. The molecule has 0 bridgehead atoms. The van der Waals surface area contributed by atoms with Crippen LogP contribution in [0.3, 0.4) is 0 Å². The van der Waals surface area contributed by atoms with E-state index in [1.54, 1.807) is 0 Å². The summed E-state index contributed by atoms with van der Waals surface area (Å²) in [5.41, 5.74) is 4.28. The van der Waals surface area contributed by atoms with Gasteiger partial charge < -0.3 is 0 Å². The highest BCUT2D eigenvalue weighted by atomic mass is 14.8.